The highest BCUT2D eigenvalue weighted by Gasteiger charge is 2.43. The zero-order valence-corrected chi connectivity index (χ0v) is 20.9. The summed E-state index contributed by atoms with van der Waals surface area (Å²) in [7, 11) is 1.82. The Morgan fingerprint density at radius 3 is 2.76 bits per heavy atom. The van der Waals surface area contributed by atoms with Crippen molar-refractivity contribution in [2.75, 3.05) is 43.2 Å². The van der Waals surface area contributed by atoms with Crippen LogP contribution < -0.4 is 15.5 Å². The number of amides is 1. The molecule has 37 heavy (non-hydrogen) atoms. The Balaban J connectivity index is 1.51. The van der Waals surface area contributed by atoms with Gasteiger partial charge in [0.1, 0.15) is 6.04 Å². The summed E-state index contributed by atoms with van der Waals surface area (Å²) in [5, 5.41) is 0. The van der Waals surface area contributed by atoms with Gasteiger partial charge in [0.2, 0.25) is 5.95 Å². The molecular weight excluding hydrogens is 483 g/mol. The van der Waals surface area contributed by atoms with Gasteiger partial charge < -0.3 is 20.4 Å². The number of hydrogen-bond acceptors (Lipinski definition) is 6. The molecule has 4 heterocycles. The van der Waals surface area contributed by atoms with Gasteiger partial charge in [-0.15, -0.1) is 5.92 Å². The van der Waals surface area contributed by atoms with Gasteiger partial charge in [-0.1, -0.05) is 30.2 Å². The van der Waals surface area contributed by atoms with Gasteiger partial charge in [-0.2, -0.15) is 18.2 Å². The molecule has 2 N–H and O–H groups in total. The Hall–Kier alpha value is -3.52. The molecule has 0 saturated carbocycles. The molecule has 2 atom stereocenters. The van der Waals surface area contributed by atoms with E-state index in [1.807, 2.05) is 16.5 Å². The molecule has 1 aromatic carbocycles. The van der Waals surface area contributed by atoms with Crippen molar-refractivity contribution in [2.24, 2.45) is 10.7 Å². The van der Waals surface area contributed by atoms with Crippen molar-refractivity contribution in [3.05, 3.63) is 41.1 Å². The largest absolute Gasteiger partial charge is 0.411 e. The number of nitrogens with zero attached hydrogens (tertiary/aromatic N) is 6. The van der Waals surface area contributed by atoms with Crippen molar-refractivity contribution in [3.8, 4) is 11.8 Å². The van der Waals surface area contributed by atoms with Crippen LogP contribution in [-0.4, -0.2) is 77.7 Å². The van der Waals surface area contributed by atoms with Crippen LogP contribution in [0.3, 0.4) is 0 Å². The van der Waals surface area contributed by atoms with E-state index < -0.39 is 12.2 Å². The number of aliphatic imine (C=N–C) groups is 1. The molecule has 0 bridgehead atoms. The third kappa shape index (κ3) is 4.78. The Labute approximate surface area is 213 Å². The molecule has 1 fully saturated rings. The first-order valence-corrected chi connectivity index (χ1v) is 12.4. The van der Waals surface area contributed by atoms with Crippen LogP contribution in [0.15, 0.2) is 29.3 Å². The van der Waals surface area contributed by atoms with E-state index in [9.17, 15) is 18.0 Å². The molecule has 2 unspecified atom stereocenters. The van der Waals surface area contributed by atoms with Crippen LogP contribution in [0.2, 0.25) is 0 Å². The monoisotopic (exact) mass is 513 g/mol. The van der Waals surface area contributed by atoms with E-state index >= 15 is 0 Å². The summed E-state index contributed by atoms with van der Waals surface area (Å²) in [6.07, 6.45) is -2.81. The van der Waals surface area contributed by atoms with Crippen LogP contribution in [0.4, 0.5) is 24.9 Å². The molecule has 1 saturated heterocycles. The number of hydrogen-bond donors (Lipinski definition) is 1. The first kappa shape index (κ1) is 25.1. The lowest BCUT2D eigenvalue weighted by molar-refractivity contribution is -0.146. The van der Waals surface area contributed by atoms with Crippen molar-refractivity contribution < 1.29 is 18.0 Å². The standard InChI is InChI=1S/C26H30F3N7O/c1-3-4-12-36-22-23(32-25(36)34-11-7-9-18(30)14-34)33(2)16-35(24(22)37)15-20-19-10-6-5-8-17(19)13-21(31-20)26(27,28)29/h5-6,8,10,18,21H,7,9,11-16,30H2,1-2H3. The van der Waals surface area contributed by atoms with E-state index in [0.29, 0.717) is 35.1 Å². The molecule has 0 radical (unpaired) electrons. The first-order chi connectivity index (χ1) is 17.7. The maximum absolute atomic E-state index is 13.8. The molecule has 0 spiro atoms. The molecule has 1 amide bonds. The number of halogens is 3. The molecule has 3 aliphatic heterocycles. The number of fused-ring (bicyclic) bond motifs is 2. The summed E-state index contributed by atoms with van der Waals surface area (Å²) in [4.78, 5) is 28.2. The number of nitrogens with two attached hydrogens (primary N) is 1. The normalized spacial score (nSPS) is 21.7. The fraction of sp³-hybridized carbons (Fsp3) is 0.500. The molecule has 3 aliphatic rings. The van der Waals surface area contributed by atoms with E-state index in [-0.39, 0.29) is 43.8 Å². The highest BCUT2D eigenvalue weighted by Crippen LogP contribution is 2.34. The summed E-state index contributed by atoms with van der Waals surface area (Å²) in [6, 6.07) is 5.15. The molecule has 11 heteroatoms. The van der Waals surface area contributed by atoms with Gasteiger partial charge in [-0.3, -0.25) is 14.4 Å². The first-order valence-electron chi connectivity index (χ1n) is 12.4. The summed E-state index contributed by atoms with van der Waals surface area (Å²) >= 11 is 0. The smallest absolute Gasteiger partial charge is 0.341 e. The lowest BCUT2D eigenvalue weighted by atomic mass is 9.93. The summed E-state index contributed by atoms with van der Waals surface area (Å²) < 4.78 is 42.8. The van der Waals surface area contributed by atoms with Crippen LogP contribution in [0, 0.1) is 11.8 Å². The van der Waals surface area contributed by atoms with E-state index in [0.717, 1.165) is 19.4 Å². The third-order valence-corrected chi connectivity index (χ3v) is 7.09. The Kier molecular flexibility index (Phi) is 6.62. The molecule has 8 nitrogen and oxygen atoms in total. The van der Waals surface area contributed by atoms with Crippen molar-refractivity contribution in [3.63, 3.8) is 0 Å². The Morgan fingerprint density at radius 2 is 2.03 bits per heavy atom. The van der Waals surface area contributed by atoms with E-state index in [1.165, 1.54) is 4.90 Å². The van der Waals surface area contributed by atoms with Gasteiger partial charge >= 0.3 is 6.18 Å². The molecule has 2 aromatic rings. The average Bonchev–Trinajstić information content (AvgIpc) is 3.25. The average molecular weight is 514 g/mol. The number of imidazole rings is 1. The van der Waals surface area contributed by atoms with E-state index in [1.54, 1.807) is 31.2 Å². The van der Waals surface area contributed by atoms with Crippen LogP contribution in [-0.2, 0) is 13.0 Å². The number of alkyl halides is 3. The van der Waals surface area contributed by atoms with Gasteiger partial charge in [0.25, 0.3) is 5.91 Å². The van der Waals surface area contributed by atoms with E-state index in [4.69, 9.17) is 10.7 Å². The lowest BCUT2D eigenvalue weighted by Gasteiger charge is -2.35. The Bertz CT molecular complexity index is 1290. The zero-order chi connectivity index (χ0) is 26.3. The highest BCUT2D eigenvalue weighted by molar-refractivity contribution is 6.08. The summed E-state index contributed by atoms with van der Waals surface area (Å²) in [5.41, 5.74) is 8.08. The predicted molar refractivity (Wildman–Crippen MR) is 136 cm³/mol. The molecular formula is C26H30F3N7O. The lowest BCUT2D eigenvalue weighted by Crippen LogP contribution is -2.49. The fourth-order valence-electron chi connectivity index (χ4n) is 5.29. The second kappa shape index (κ2) is 9.74. The van der Waals surface area contributed by atoms with Crippen LogP contribution in [0.1, 0.15) is 41.4 Å². The highest BCUT2D eigenvalue weighted by atomic mass is 19.4. The number of aromatic nitrogens is 2. The minimum Gasteiger partial charge on any atom is -0.341 e. The SMILES string of the molecule is CC#CCn1c(N2CCCC(N)C2)nc2c1C(=O)N(CC1=NC(C(F)(F)F)Cc3ccccc31)CN2C. The number of rotatable bonds is 4. The van der Waals surface area contributed by atoms with Gasteiger partial charge in [0.05, 0.1) is 25.5 Å². The van der Waals surface area contributed by atoms with Crippen molar-refractivity contribution in [1.29, 1.82) is 0 Å². The maximum atomic E-state index is 13.8. The van der Waals surface area contributed by atoms with Gasteiger partial charge in [0, 0.05) is 38.2 Å². The molecule has 196 valence electrons. The molecule has 5 rings (SSSR count). The van der Waals surface area contributed by atoms with Crippen LogP contribution in [0.25, 0.3) is 0 Å². The van der Waals surface area contributed by atoms with Crippen LogP contribution >= 0.6 is 0 Å². The quantitative estimate of drug-likeness (QED) is 0.636. The maximum Gasteiger partial charge on any atom is 0.411 e. The number of piperidine rings is 1. The van der Waals surface area contributed by atoms with Gasteiger partial charge in [0.15, 0.2) is 11.5 Å². The number of carbonyl (C=O) groups excluding carboxylic acids is 1. The molecule has 1 aromatic heterocycles. The second-order valence-corrected chi connectivity index (χ2v) is 9.78. The number of carbonyl (C=O) groups is 1. The second-order valence-electron chi connectivity index (χ2n) is 9.78. The zero-order valence-electron chi connectivity index (χ0n) is 20.9. The minimum atomic E-state index is -4.46. The minimum absolute atomic E-state index is 0.0177. The Morgan fingerprint density at radius 1 is 1.24 bits per heavy atom. The fourth-order valence-corrected chi connectivity index (χ4v) is 5.29. The van der Waals surface area contributed by atoms with Gasteiger partial charge in [-0.05, 0) is 25.3 Å². The topological polar surface area (TPSA) is 83.0 Å². The van der Waals surface area contributed by atoms with Crippen molar-refractivity contribution in [2.45, 2.75) is 51.0 Å². The van der Waals surface area contributed by atoms with Crippen LogP contribution in [0.5, 0.6) is 0 Å². The number of benzene rings is 1. The van der Waals surface area contributed by atoms with Crippen molar-refractivity contribution >= 4 is 23.4 Å². The van der Waals surface area contributed by atoms with Gasteiger partial charge in [-0.25, -0.2) is 0 Å². The predicted octanol–water partition coefficient (Wildman–Crippen LogP) is 2.66. The van der Waals surface area contributed by atoms with E-state index in [2.05, 4.69) is 21.7 Å². The number of anilines is 2. The summed E-state index contributed by atoms with van der Waals surface area (Å²) in [5.74, 6) is 6.78. The summed E-state index contributed by atoms with van der Waals surface area (Å²) in [6.45, 7) is 3.55. The molecule has 0 aliphatic carbocycles. The van der Waals surface area contributed by atoms with Crippen molar-refractivity contribution in [1.82, 2.24) is 14.5 Å². The third-order valence-electron chi connectivity index (χ3n) is 7.09.